The smallest absolute Gasteiger partial charge is 0.0667 e. The molecule has 1 saturated heterocycles. The summed E-state index contributed by atoms with van der Waals surface area (Å²) < 4.78 is 5.61. The zero-order valence-corrected chi connectivity index (χ0v) is 7.81. The van der Waals surface area contributed by atoms with Gasteiger partial charge in [0.05, 0.1) is 5.60 Å². The first kappa shape index (κ1) is 9.01. The van der Waals surface area contributed by atoms with E-state index in [-0.39, 0.29) is 5.60 Å². The average molecular weight is 157 g/mol. The van der Waals surface area contributed by atoms with Crippen molar-refractivity contribution in [3.63, 3.8) is 0 Å². The maximum Gasteiger partial charge on any atom is 0.0667 e. The Morgan fingerprint density at radius 3 is 2.73 bits per heavy atom. The fourth-order valence-corrected chi connectivity index (χ4v) is 1.60. The summed E-state index contributed by atoms with van der Waals surface area (Å²) in [4.78, 5) is 0. The van der Waals surface area contributed by atoms with Gasteiger partial charge in [-0.2, -0.15) is 0 Å². The van der Waals surface area contributed by atoms with Crippen molar-refractivity contribution >= 4 is 0 Å². The molecule has 0 aliphatic carbocycles. The number of nitrogens with one attached hydrogen (secondary N) is 1. The van der Waals surface area contributed by atoms with Crippen molar-refractivity contribution in [2.24, 2.45) is 5.92 Å². The van der Waals surface area contributed by atoms with Crippen LogP contribution in [0, 0.1) is 5.92 Å². The van der Waals surface area contributed by atoms with Gasteiger partial charge in [-0.05, 0) is 26.8 Å². The highest BCUT2D eigenvalue weighted by Crippen LogP contribution is 2.30. The Morgan fingerprint density at radius 2 is 2.27 bits per heavy atom. The average Bonchev–Trinajstić information content (AvgIpc) is 2.25. The molecule has 1 aliphatic rings. The third-order valence-corrected chi connectivity index (χ3v) is 2.56. The van der Waals surface area contributed by atoms with Crippen molar-refractivity contribution in [1.29, 1.82) is 0 Å². The SMILES string of the molecule is CCNCC1CCOC1(C)C. The van der Waals surface area contributed by atoms with Gasteiger partial charge in [0.2, 0.25) is 0 Å². The van der Waals surface area contributed by atoms with Crippen molar-refractivity contribution in [3.8, 4) is 0 Å². The normalized spacial score (nSPS) is 29.2. The second-order valence-electron chi connectivity index (χ2n) is 3.75. The van der Waals surface area contributed by atoms with Gasteiger partial charge in [0.25, 0.3) is 0 Å². The first-order chi connectivity index (χ1) is 5.17. The van der Waals surface area contributed by atoms with Crippen molar-refractivity contribution in [2.45, 2.75) is 32.8 Å². The summed E-state index contributed by atoms with van der Waals surface area (Å²) in [5.74, 6) is 0.697. The lowest BCUT2D eigenvalue weighted by Crippen LogP contribution is -2.35. The Balaban J connectivity index is 2.32. The molecule has 11 heavy (non-hydrogen) atoms. The molecule has 2 heteroatoms. The minimum atomic E-state index is 0.0994. The number of rotatable bonds is 3. The van der Waals surface area contributed by atoms with Gasteiger partial charge < -0.3 is 10.1 Å². The van der Waals surface area contributed by atoms with Crippen LogP contribution in [0.3, 0.4) is 0 Å². The highest BCUT2D eigenvalue weighted by Gasteiger charge is 2.34. The van der Waals surface area contributed by atoms with Crippen LogP contribution in [0.4, 0.5) is 0 Å². The van der Waals surface area contributed by atoms with E-state index in [0.29, 0.717) is 5.92 Å². The van der Waals surface area contributed by atoms with Crippen LogP contribution in [-0.4, -0.2) is 25.3 Å². The second-order valence-corrected chi connectivity index (χ2v) is 3.75. The van der Waals surface area contributed by atoms with Gasteiger partial charge >= 0.3 is 0 Å². The van der Waals surface area contributed by atoms with Gasteiger partial charge in [-0.25, -0.2) is 0 Å². The number of hydrogen-bond donors (Lipinski definition) is 1. The van der Waals surface area contributed by atoms with Crippen LogP contribution >= 0.6 is 0 Å². The monoisotopic (exact) mass is 157 g/mol. The summed E-state index contributed by atoms with van der Waals surface area (Å²) in [5.41, 5.74) is 0.0994. The zero-order valence-electron chi connectivity index (χ0n) is 7.81. The lowest BCUT2D eigenvalue weighted by molar-refractivity contribution is 0.0115. The Hall–Kier alpha value is -0.0800. The van der Waals surface area contributed by atoms with E-state index in [0.717, 1.165) is 19.7 Å². The Kier molecular flexibility index (Phi) is 2.90. The van der Waals surface area contributed by atoms with E-state index in [2.05, 4.69) is 26.1 Å². The summed E-state index contributed by atoms with van der Waals surface area (Å²) in [6.07, 6.45) is 1.21. The Morgan fingerprint density at radius 1 is 1.55 bits per heavy atom. The summed E-state index contributed by atoms with van der Waals surface area (Å²) >= 11 is 0. The molecular weight excluding hydrogens is 138 g/mol. The van der Waals surface area contributed by atoms with Crippen molar-refractivity contribution in [2.75, 3.05) is 19.7 Å². The molecule has 0 saturated carbocycles. The van der Waals surface area contributed by atoms with E-state index >= 15 is 0 Å². The van der Waals surface area contributed by atoms with E-state index in [9.17, 15) is 0 Å². The minimum absolute atomic E-state index is 0.0994. The third-order valence-electron chi connectivity index (χ3n) is 2.56. The summed E-state index contributed by atoms with van der Waals surface area (Å²) in [5, 5.41) is 3.37. The van der Waals surface area contributed by atoms with E-state index in [4.69, 9.17) is 4.74 Å². The summed E-state index contributed by atoms with van der Waals surface area (Å²) in [7, 11) is 0. The fraction of sp³-hybridized carbons (Fsp3) is 1.00. The molecule has 1 aliphatic heterocycles. The topological polar surface area (TPSA) is 21.3 Å². The lowest BCUT2D eigenvalue weighted by atomic mass is 9.91. The van der Waals surface area contributed by atoms with Gasteiger partial charge in [0.15, 0.2) is 0 Å². The molecule has 1 fully saturated rings. The zero-order chi connectivity index (χ0) is 8.32. The molecule has 0 aromatic heterocycles. The third kappa shape index (κ3) is 2.17. The quantitative estimate of drug-likeness (QED) is 0.669. The van der Waals surface area contributed by atoms with Gasteiger partial charge in [0, 0.05) is 19.1 Å². The largest absolute Gasteiger partial charge is 0.375 e. The number of hydrogen-bond acceptors (Lipinski definition) is 2. The molecule has 0 amide bonds. The highest BCUT2D eigenvalue weighted by molar-refractivity contribution is 4.85. The molecule has 1 heterocycles. The fourth-order valence-electron chi connectivity index (χ4n) is 1.60. The van der Waals surface area contributed by atoms with Crippen LogP contribution in [0.25, 0.3) is 0 Å². The molecule has 0 aromatic carbocycles. The van der Waals surface area contributed by atoms with Crippen molar-refractivity contribution < 1.29 is 4.74 Å². The molecule has 0 aromatic rings. The van der Waals surface area contributed by atoms with E-state index < -0.39 is 0 Å². The van der Waals surface area contributed by atoms with E-state index in [1.807, 2.05) is 0 Å². The molecule has 0 bridgehead atoms. The van der Waals surface area contributed by atoms with Crippen LogP contribution in [0.5, 0.6) is 0 Å². The maximum absolute atomic E-state index is 5.61. The molecule has 0 spiro atoms. The molecule has 0 radical (unpaired) electrons. The maximum atomic E-state index is 5.61. The molecule has 1 rings (SSSR count). The van der Waals surface area contributed by atoms with Gasteiger partial charge in [0.1, 0.15) is 0 Å². The van der Waals surface area contributed by atoms with Crippen LogP contribution < -0.4 is 5.32 Å². The molecule has 1 atom stereocenters. The molecule has 66 valence electrons. The molecule has 1 N–H and O–H groups in total. The second kappa shape index (κ2) is 3.55. The number of ether oxygens (including phenoxy) is 1. The molecule has 2 nitrogen and oxygen atoms in total. The van der Waals surface area contributed by atoms with Crippen LogP contribution in [0.2, 0.25) is 0 Å². The predicted molar refractivity (Wildman–Crippen MR) is 46.7 cm³/mol. The van der Waals surface area contributed by atoms with Gasteiger partial charge in [-0.3, -0.25) is 0 Å². The molecule has 1 unspecified atom stereocenters. The van der Waals surface area contributed by atoms with Crippen molar-refractivity contribution in [1.82, 2.24) is 5.32 Å². The predicted octanol–water partition coefficient (Wildman–Crippen LogP) is 1.41. The Labute approximate surface area is 69.3 Å². The first-order valence-electron chi connectivity index (χ1n) is 4.51. The van der Waals surface area contributed by atoms with E-state index in [1.165, 1.54) is 6.42 Å². The van der Waals surface area contributed by atoms with Crippen molar-refractivity contribution in [3.05, 3.63) is 0 Å². The summed E-state index contributed by atoms with van der Waals surface area (Å²) in [6.45, 7) is 9.60. The Bertz CT molecular complexity index is 123. The van der Waals surface area contributed by atoms with Crippen LogP contribution in [0.15, 0.2) is 0 Å². The summed E-state index contributed by atoms with van der Waals surface area (Å²) in [6, 6.07) is 0. The van der Waals surface area contributed by atoms with Gasteiger partial charge in [-0.15, -0.1) is 0 Å². The minimum Gasteiger partial charge on any atom is -0.375 e. The standard InChI is InChI=1S/C9H19NO/c1-4-10-7-8-5-6-11-9(8,2)3/h8,10H,4-7H2,1-3H3. The first-order valence-corrected chi connectivity index (χ1v) is 4.51. The van der Waals surface area contributed by atoms with Gasteiger partial charge in [-0.1, -0.05) is 6.92 Å². The molecular formula is C9H19NO. The van der Waals surface area contributed by atoms with Crippen LogP contribution in [-0.2, 0) is 4.74 Å². The lowest BCUT2D eigenvalue weighted by Gasteiger charge is -2.25. The van der Waals surface area contributed by atoms with Crippen LogP contribution in [0.1, 0.15) is 27.2 Å². The van der Waals surface area contributed by atoms with E-state index in [1.54, 1.807) is 0 Å². The highest BCUT2D eigenvalue weighted by atomic mass is 16.5.